The maximum absolute atomic E-state index is 13.0. The Morgan fingerprint density at radius 3 is 2.59 bits per heavy atom. The van der Waals surface area contributed by atoms with Crippen molar-refractivity contribution in [2.24, 2.45) is 0 Å². The number of likely N-dealkylation sites (tertiary alicyclic amines) is 1. The SMILES string of the molecule is Cc1ccc(-c2noc3ncn(CCC(=O)N[C@@H](C)C(=O)N4CCCCC4)c(=O)c23)cc1. The third kappa shape index (κ3) is 4.56. The van der Waals surface area contributed by atoms with Crippen LogP contribution in [-0.4, -0.2) is 50.6 Å². The highest BCUT2D eigenvalue weighted by molar-refractivity contribution is 5.89. The molecule has 3 heterocycles. The van der Waals surface area contributed by atoms with Crippen molar-refractivity contribution in [3.05, 3.63) is 46.5 Å². The molecular weight excluding hydrogens is 410 g/mol. The van der Waals surface area contributed by atoms with E-state index in [1.165, 1.54) is 10.9 Å². The highest BCUT2D eigenvalue weighted by Crippen LogP contribution is 2.24. The second-order valence-electron chi connectivity index (χ2n) is 8.25. The number of nitrogens with zero attached hydrogens (tertiary/aromatic N) is 4. The first-order valence-corrected chi connectivity index (χ1v) is 10.9. The van der Waals surface area contributed by atoms with Gasteiger partial charge in [0, 0.05) is 31.6 Å². The number of aromatic nitrogens is 3. The molecule has 1 atom stereocenters. The average molecular weight is 438 g/mol. The number of rotatable bonds is 6. The molecule has 1 aliphatic rings. The van der Waals surface area contributed by atoms with E-state index < -0.39 is 6.04 Å². The number of amides is 2. The van der Waals surface area contributed by atoms with Gasteiger partial charge >= 0.3 is 0 Å². The summed E-state index contributed by atoms with van der Waals surface area (Å²) in [7, 11) is 0. The molecule has 0 unspecified atom stereocenters. The molecular formula is C23H27N5O4. The maximum atomic E-state index is 13.0. The van der Waals surface area contributed by atoms with Crippen LogP contribution >= 0.6 is 0 Å². The molecule has 2 aromatic heterocycles. The zero-order chi connectivity index (χ0) is 22.7. The van der Waals surface area contributed by atoms with E-state index in [2.05, 4.69) is 15.5 Å². The van der Waals surface area contributed by atoms with Crippen molar-refractivity contribution >= 4 is 22.9 Å². The first kappa shape index (κ1) is 21.7. The van der Waals surface area contributed by atoms with Crippen molar-refractivity contribution < 1.29 is 14.1 Å². The van der Waals surface area contributed by atoms with Crippen molar-refractivity contribution in [2.45, 2.75) is 52.1 Å². The van der Waals surface area contributed by atoms with Crippen molar-refractivity contribution in [1.82, 2.24) is 24.9 Å². The zero-order valence-electron chi connectivity index (χ0n) is 18.3. The van der Waals surface area contributed by atoms with Crippen LogP contribution in [0.25, 0.3) is 22.4 Å². The Hall–Kier alpha value is -3.49. The van der Waals surface area contributed by atoms with Crippen molar-refractivity contribution in [3.63, 3.8) is 0 Å². The van der Waals surface area contributed by atoms with Crippen LogP contribution < -0.4 is 10.9 Å². The summed E-state index contributed by atoms with van der Waals surface area (Å²) in [4.78, 5) is 43.9. The van der Waals surface area contributed by atoms with Gasteiger partial charge in [0.2, 0.25) is 11.8 Å². The topological polar surface area (TPSA) is 110 Å². The molecule has 9 heteroatoms. The molecule has 3 aromatic rings. The van der Waals surface area contributed by atoms with Gasteiger partial charge in [-0.25, -0.2) is 4.98 Å². The van der Waals surface area contributed by atoms with Gasteiger partial charge in [-0.05, 0) is 33.1 Å². The number of hydrogen-bond donors (Lipinski definition) is 1. The predicted molar refractivity (Wildman–Crippen MR) is 119 cm³/mol. The van der Waals surface area contributed by atoms with E-state index in [1.54, 1.807) is 11.8 Å². The van der Waals surface area contributed by atoms with Crippen molar-refractivity contribution in [2.75, 3.05) is 13.1 Å². The molecule has 1 aromatic carbocycles. The van der Waals surface area contributed by atoms with Crippen LogP contribution in [0.15, 0.2) is 39.9 Å². The number of fused-ring (bicyclic) bond motifs is 1. The smallest absolute Gasteiger partial charge is 0.266 e. The molecule has 0 saturated carbocycles. The lowest BCUT2D eigenvalue weighted by Crippen LogP contribution is -2.48. The highest BCUT2D eigenvalue weighted by atomic mass is 16.5. The largest absolute Gasteiger partial charge is 0.345 e. The first-order chi connectivity index (χ1) is 15.4. The third-order valence-electron chi connectivity index (χ3n) is 5.78. The Kier molecular flexibility index (Phi) is 6.34. The molecule has 168 valence electrons. The average Bonchev–Trinajstić information content (AvgIpc) is 3.24. The minimum absolute atomic E-state index is 0.0514. The van der Waals surface area contributed by atoms with Gasteiger partial charge in [0.1, 0.15) is 23.4 Å². The van der Waals surface area contributed by atoms with Gasteiger partial charge in [-0.1, -0.05) is 35.0 Å². The number of benzene rings is 1. The molecule has 1 fully saturated rings. The van der Waals surface area contributed by atoms with Crippen LogP contribution in [0.3, 0.4) is 0 Å². The van der Waals surface area contributed by atoms with E-state index in [4.69, 9.17) is 4.52 Å². The summed E-state index contributed by atoms with van der Waals surface area (Å²) in [6.45, 7) is 5.28. The number of piperidine rings is 1. The van der Waals surface area contributed by atoms with Crippen LogP contribution in [0.4, 0.5) is 0 Å². The van der Waals surface area contributed by atoms with Gasteiger partial charge in [0.15, 0.2) is 0 Å². The monoisotopic (exact) mass is 437 g/mol. The van der Waals surface area contributed by atoms with Crippen molar-refractivity contribution in [1.29, 1.82) is 0 Å². The van der Waals surface area contributed by atoms with Crippen LogP contribution in [0.2, 0.25) is 0 Å². The van der Waals surface area contributed by atoms with Gasteiger partial charge in [-0.2, -0.15) is 0 Å². The van der Waals surface area contributed by atoms with E-state index in [9.17, 15) is 14.4 Å². The molecule has 0 bridgehead atoms. The van der Waals surface area contributed by atoms with E-state index in [1.807, 2.05) is 31.2 Å². The van der Waals surface area contributed by atoms with Crippen LogP contribution in [0, 0.1) is 6.92 Å². The molecule has 32 heavy (non-hydrogen) atoms. The van der Waals surface area contributed by atoms with Crippen LogP contribution in [0.5, 0.6) is 0 Å². The van der Waals surface area contributed by atoms with Crippen LogP contribution in [-0.2, 0) is 16.1 Å². The third-order valence-corrected chi connectivity index (χ3v) is 5.78. The van der Waals surface area contributed by atoms with E-state index in [0.29, 0.717) is 5.69 Å². The standard InChI is InChI=1S/C23H27N5O4/c1-15-6-8-17(9-7-15)20-19-21(32-26-20)24-14-28(23(19)31)13-10-18(29)25-16(2)22(30)27-11-4-3-5-12-27/h6-9,14,16H,3-5,10-13H2,1-2H3,(H,25,29)/t16-/m0/s1. The maximum Gasteiger partial charge on any atom is 0.266 e. The fourth-order valence-electron chi connectivity index (χ4n) is 3.93. The Labute approximate surface area is 185 Å². The first-order valence-electron chi connectivity index (χ1n) is 10.9. The lowest BCUT2D eigenvalue weighted by atomic mass is 10.1. The zero-order valence-corrected chi connectivity index (χ0v) is 18.3. The fraction of sp³-hybridized carbons (Fsp3) is 0.435. The van der Waals surface area contributed by atoms with Gasteiger partial charge in [0.05, 0.1) is 0 Å². The molecule has 1 N–H and O–H groups in total. The van der Waals surface area contributed by atoms with Gasteiger partial charge in [-0.15, -0.1) is 0 Å². The molecule has 2 amide bonds. The summed E-state index contributed by atoms with van der Waals surface area (Å²) in [6, 6.07) is 7.02. The second kappa shape index (κ2) is 9.33. The van der Waals surface area contributed by atoms with E-state index in [-0.39, 0.29) is 41.4 Å². The summed E-state index contributed by atoms with van der Waals surface area (Å²) in [5, 5.41) is 7.05. The fourth-order valence-corrected chi connectivity index (χ4v) is 3.93. The normalized spacial score (nSPS) is 15.0. The molecule has 1 aliphatic heterocycles. The molecule has 9 nitrogen and oxygen atoms in total. The lowest BCUT2D eigenvalue weighted by molar-refractivity contribution is -0.136. The number of nitrogens with one attached hydrogen (secondary N) is 1. The molecule has 0 radical (unpaired) electrons. The second-order valence-corrected chi connectivity index (χ2v) is 8.25. The Bertz CT molecular complexity index is 1180. The predicted octanol–water partition coefficient (Wildman–Crippen LogP) is 2.27. The summed E-state index contributed by atoms with van der Waals surface area (Å²) in [5.41, 5.74) is 2.12. The minimum Gasteiger partial charge on any atom is -0.345 e. The summed E-state index contributed by atoms with van der Waals surface area (Å²) >= 11 is 0. The molecule has 0 spiro atoms. The molecule has 0 aliphatic carbocycles. The van der Waals surface area contributed by atoms with Gasteiger partial charge in [0.25, 0.3) is 11.3 Å². The number of carbonyl (C=O) groups is 2. The summed E-state index contributed by atoms with van der Waals surface area (Å²) < 4.78 is 6.60. The quantitative estimate of drug-likeness (QED) is 0.633. The highest BCUT2D eigenvalue weighted by Gasteiger charge is 2.23. The Morgan fingerprint density at radius 2 is 1.88 bits per heavy atom. The number of aryl methyl sites for hydroxylation is 2. The minimum atomic E-state index is -0.593. The number of carbonyl (C=O) groups excluding carboxylic acids is 2. The van der Waals surface area contributed by atoms with E-state index >= 15 is 0 Å². The Morgan fingerprint density at radius 1 is 1.16 bits per heavy atom. The summed E-state index contributed by atoms with van der Waals surface area (Å²) in [5.74, 6) is -0.357. The van der Waals surface area contributed by atoms with Gasteiger partial charge < -0.3 is 14.7 Å². The molecule has 4 rings (SSSR count). The molecule has 1 saturated heterocycles. The lowest BCUT2D eigenvalue weighted by Gasteiger charge is -2.29. The number of hydrogen-bond acceptors (Lipinski definition) is 6. The Balaban J connectivity index is 1.44. The van der Waals surface area contributed by atoms with Crippen molar-refractivity contribution in [3.8, 4) is 11.3 Å². The van der Waals surface area contributed by atoms with E-state index in [0.717, 1.165) is 43.5 Å². The van der Waals surface area contributed by atoms with Crippen LogP contribution in [0.1, 0.15) is 38.2 Å². The summed E-state index contributed by atoms with van der Waals surface area (Å²) in [6.07, 6.45) is 4.53. The van der Waals surface area contributed by atoms with Gasteiger partial charge in [-0.3, -0.25) is 19.0 Å².